The third-order valence-electron chi connectivity index (χ3n) is 5.55. The van der Waals surface area contributed by atoms with Gasteiger partial charge in [0.1, 0.15) is 19.8 Å². The van der Waals surface area contributed by atoms with Gasteiger partial charge in [-0.2, -0.15) is 75.8 Å². The topological polar surface area (TPSA) is 99.1 Å². The van der Waals surface area contributed by atoms with Crippen LogP contribution in [-0.2, 0) is 28.6 Å². The average Bonchev–Trinajstić information content (AvgIpc) is 2.84. The highest BCUT2D eigenvalue weighted by Crippen LogP contribution is 2.23. The van der Waals surface area contributed by atoms with Crippen molar-refractivity contribution in [2.45, 2.75) is 109 Å². The Morgan fingerprint density at radius 2 is 0.892 bits per heavy atom. The van der Waals surface area contributed by atoms with Crippen molar-refractivity contribution < 1.29 is 33.7 Å². The van der Waals surface area contributed by atoms with E-state index >= 15 is 0 Å². The predicted molar refractivity (Wildman–Crippen MR) is 168 cm³/mol. The summed E-state index contributed by atoms with van der Waals surface area (Å²) in [5.41, 5.74) is -2.48. The van der Waals surface area contributed by atoms with Gasteiger partial charge in [0.15, 0.2) is 5.60 Å². The van der Waals surface area contributed by atoms with Gasteiger partial charge in [-0.15, -0.1) is 0 Å². The second-order valence-electron chi connectivity index (χ2n) is 9.12. The van der Waals surface area contributed by atoms with Crippen LogP contribution in [0.2, 0.25) is 0 Å². The number of carbonyl (C=O) groups excluding carboxylic acids is 3. The maximum Gasteiger partial charge on any atom is 0.339 e. The second-order valence-corrected chi connectivity index (χ2v) is 13.1. The smallest absolute Gasteiger partial charge is 0.339 e. The molecule has 6 unspecified atom stereocenters. The lowest BCUT2D eigenvalue weighted by atomic mass is 9.95. The van der Waals surface area contributed by atoms with Gasteiger partial charge in [-0.25, -0.2) is 4.79 Å². The first-order valence-electron chi connectivity index (χ1n) is 12.6. The fourth-order valence-corrected chi connectivity index (χ4v) is 4.94. The summed E-state index contributed by atoms with van der Waals surface area (Å²) in [6, 6.07) is 0. The summed E-state index contributed by atoms with van der Waals surface area (Å²) in [6.07, 6.45) is 3.38. The minimum absolute atomic E-state index is 0.0646. The second kappa shape index (κ2) is 20.4. The predicted octanol–water partition coefficient (Wildman–Crippen LogP) is 4.32. The number of aliphatic hydroxyl groups is 1. The fourth-order valence-electron chi connectivity index (χ4n) is 3.24. The first kappa shape index (κ1) is 37.5. The van der Waals surface area contributed by atoms with Crippen LogP contribution in [0.4, 0.5) is 0 Å². The van der Waals surface area contributed by atoms with Crippen LogP contribution in [0.1, 0.15) is 72.1 Å². The number of hydrogen-bond acceptors (Lipinski definition) is 13. The molecule has 0 aliphatic rings. The highest BCUT2D eigenvalue weighted by Gasteiger charge is 2.44. The van der Waals surface area contributed by atoms with E-state index in [1.807, 2.05) is 20.8 Å². The number of esters is 3. The maximum atomic E-state index is 12.9. The Morgan fingerprint density at radius 3 is 1.19 bits per heavy atom. The Labute approximate surface area is 255 Å². The lowest BCUT2D eigenvalue weighted by Crippen LogP contribution is -2.46. The van der Waals surface area contributed by atoms with E-state index in [9.17, 15) is 19.5 Å². The van der Waals surface area contributed by atoms with Crippen LogP contribution < -0.4 is 0 Å². The zero-order valence-electron chi connectivity index (χ0n) is 21.8. The summed E-state index contributed by atoms with van der Waals surface area (Å²) in [5.74, 6) is -2.90. The highest BCUT2D eigenvalue weighted by atomic mass is 32.1. The van der Waals surface area contributed by atoms with Crippen molar-refractivity contribution in [3.63, 3.8) is 0 Å². The maximum absolute atomic E-state index is 12.9. The molecule has 13 heteroatoms. The molecule has 0 heterocycles. The van der Waals surface area contributed by atoms with Gasteiger partial charge in [-0.3, -0.25) is 9.59 Å². The molecule has 0 spiro atoms. The SMILES string of the molecule is CCCC(S)C(S)COC(=O)CC(O)(CC(=O)OCC(S)C(S)CCC)C(=O)OCC(S)C(S)CCC. The molecular formula is C24H44O7S6. The van der Waals surface area contributed by atoms with Crippen molar-refractivity contribution in [2.75, 3.05) is 19.8 Å². The number of thiol groups is 6. The number of carbonyl (C=O) groups is 3. The molecule has 0 radical (unpaired) electrons. The normalized spacial score (nSPS) is 18.0. The molecule has 0 aliphatic carbocycles. The molecule has 0 rings (SSSR count). The van der Waals surface area contributed by atoms with Gasteiger partial charge in [-0.1, -0.05) is 40.0 Å². The largest absolute Gasteiger partial charge is 0.464 e. The summed E-state index contributed by atoms with van der Waals surface area (Å²) >= 11 is 26.5. The minimum atomic E-state index is -2.48. The van der Waals surface area contributed by atoms with Crippen LogP contribution in [0.3, 0.4) is 0 Å². The van der Waals surface area contributed by atoms with Crippen molar-refractivity contribution in [3.8, 4) is 0 Å². The lowest BCUT2D eigenvalue weighted by Gasteiger charge is -2.27. The quantitative estimate of drug-likeness (QED) is 0.0608. The molecule has 0 amide bonds. The molecule has 0 saturated heterocycles. The van der Waals surface area contributed by atoms with Gasteiger partial charge in [0.2, 0.25) is 0 Å². The van der Waals surface area contributed by atoms with E-state index in [0.29, 0.717) is 0 Å². The summed E-state index contributed by atoms with van der Waals surface area (Å²) in [7, 11) is 0. The van der Waals surface area contributed by atoms with Gasteiger partial charge in [-0.05, 0) is 19.3 Å². The number of hydrogen-bond donors (Lipinski definition) is 7. The number of ether oxygens (including phenoxy) is 3. The highest BCUT2D eigenvalue weighted by molar-refractivity contribution is 7.85. The van der Waals surface area contributed by atoms with Crippen molar-refractivity contribution in [2.24, 2.45) is 0 Å². The first-order valence-corrected chi connectivity index (χ1v) is 15.7. The fraction of sp³-hybridized carbons (Fsp3) is 0.875. The molecule has 6 atom stereocenters. The molecule has 0 aromatic rings. The average molecular weight is 637 g/mol. The molecule has 0 saturated carbocycles. The third-order valence-corrected chi connectivity index (χ3v) is 9.64. The van der Waals surface area contributed by atoms with Gasteiger partial charge in [0, 0.05) is 31.5 Å². The van der Waals surface area contributed by atoms with Crippen LogP contribution in [-0.4, -0.2) is 79.9 Å². The van der Waals surface area contributed by atoms with Gasteiger partial charge < -0.3 is 19.3 Å². The van der Waals surface area contributed by atoms with Gasteiger partial charge >= 0.3 is 17.9 Å². The van der Waals surface area contributed by atoms with E-state index in [0.717, 1.165) is 38.5 Å². The van der Waals surface area contributed by atoms with Crippen LogP contribution in [0.25, 0.3) is 0 Å². The van der Waals surface area contributed by atoms with Crippen LogP contribution in [0, 0.1) is 0 Å². The molecule has 0 fully saturated rings. The van der Waals surface area contributed by atoms with Gasteiger partial charge in [0.05, 0.1) is 12.8 Å². The molecule has 37 heavy (non-hydrogen) atoms. The van der Waals surface area contributed by atoms with E-state index < -0.39 is 41.6 Å². The molecule has 1 N–H and O–H groups in total. The number of rotatable bonds is 20. The van der Waals surface area contributed by atoms with Crippen molar-refractivity contribution >= 4 is 93.7 Å². The summed E-state index contributed by atoms with van der Waals surface area (Å²) in [5, 5.41) is 9.70. The van der Waals surface area contributed by atoms with Crippen LogP contribution in [0.15, 0.2) is 0 Å². The van der Waals surface area contributed by atoms with E-state index in [1.165, 1.54) is 0 Å². The monoisotopic (exact) mass is 636 g/mol. The Kier molecular flexibility index (Phi) is 20.6. The van der Waals surface area contributed by atoms with E-state index in [2.05, 4.69) is 75.8 Å². The zero-order chi connectivity index (χ0) is 28.6. The van der Waals surface area contributed by atoms with Crippen LogP contribution in [0.5, 0.6) is 0 Å². The Bertz CT molecular complexity index is 648. The van der Waals surface area contributed by atoms with E-state index in [1.54, 1.807) is 0 Å². The molecule has 0 aliphatic heterocycles. The Morgan fingerprint density at radius 1 is 0.595 bits per heavy atom. The van der Waals surface area contributed by atoms with E-state index in [-0.39, 0.29) is 46.1 Å². The zero-order valence-corrected chi connectivity index (χ0v) is 27.2. The van der Waals surface area contributed by atoms with Crippen LogP contribution >= 0.6 is 75.8 Å². The molecule has 0 aromatic carbocycles. The Hall–Kier alpha value is 0.470. The molecule has 218 valence electrons. The standard InChI is InChI=1S/C24H44O7S6/c1-4-7-15(32)18(35)12-29-21(25)10-24(28,23(27)31-14-20(37)17(34)9-6-3)11-22(26)30-13-19(36)16(33)8-5-2/h15-20,28,32-37H,4-14H2,1-3H3. The summed E-state index contributed by atoms with van der Waals surface area (Å²) in [4.78, 5) is 38.0. The molecule has 0 bridgehead atoms. The van der Waals surface area contributed by atoms with Crippen molar-refractivity contribution in [1.29, 1.82) is 0 Å². The van der Waals surface area contributed by atoms with Crippen molar-refractivity contribution in [1.82, 2.24) is 0 Å². The summed E-state index contributed by atoms with van der Waals surface area (Å²) < 4.78 is 15.7. The van der Waals surface area contributed by atoms with Gasteiger partial charge in [0.25, 0.3) is 0 Å². The molecule has 0 aromatic heterocycles. The molecular weight excluding hydrogens is 593 g/mol. The summed E-state index contributed by atoms with van der Waals surface area (Å²) in [6.45, 7) is 5.72. The minimum Gasteiger partial charge on any atom is -0.464 e. The lowest BCUT2D eigenvalue weighted by molar-refractivity contribution is -0.177. The molecule has 7 nitrogen and oxygen atoms in total. The van der Waals surface area contributed by atoms with E-state index in [4.69, 9.17) is 14.2 Å². The van der Waals surface area contributed by atoms with Crippen molar-refractivity contribution in [3.05, 3.63) is 0 Å². The first-order chi connectivity index (χ1) is 17.3. The third kappa shape index (κ3) is 15.7. The Balaban J connectivity index is 5.30.